The number of alkyl halides is 2. The molecule has 2 heterocycles. The third-order valence-electron chi connectivity index (χ3n) is 7.19. The van der Waals surface area contributed by atoms with Gasteiger partial charge in [0.15, 0.2) is 0 Å². The fourth-order valence-electron chi connectivity index (χ4n) is 5.22. The molecule has 1 saturated heterocycles. The molecule has 1 aliphatic heterocycles. The second-order valence-corrected chi connectivity index (χ2v) is 10.6. The van der Waals surface area contributed by atoms with Crippen LogP contribution in [-0.2, 0) is 14.4 Å². The molecule has 5 rings (SSSR count). The van der Waals surface area contributed by atoms with Crippen LogP contribution in [0.15, 0.2) is 60.8 Å². The van der Waals surface area contributed by atoms with Crippen LogP contribution in [0.5, 0.6) is 0 Å². The molecule has 44 heavy (non-hydrogen) atoms. The van der Waals surface area contributed by atoms with Crippen molar-refractivity contribution in [3.8, 4) is 6.07 Å². The molecule has 2 fully saturated rings. The SMILES string of the molecule is C.N#Cc1ccnc(N2C(=O)[C@H](O)C[C@H]2C(=O)N(c2cc(F)cc(F)c2)[C@@H](C(=O)NC2CC(F)(F)C2)c2ccccc2Cl)c1. The predicted molar refractivity (Wildman–Crippen MR) is 152 cm³/mol. The number of nitrogens with zero attached hydrogens (tertiary/aromatic N) is 4. The van der Waals surface area contributed by atoms with Gasteiger partial charge in [0.05, 0.1) is 17.3 Å². The first-order chi connectivity index (χ1) is 20.4. The topological polar surface area (TPSA) is 127 Å². The maximum absolute atomic E-state index is 14.6. The van der Waals surface area contributed by atoms with Gasteiger partial charge in [0, 0.05) is 48.2 Å². The second-order valence-electron chi connectivity index (χ2n) is 10.2. The summed E-state index contributed by atoms with van der Waals surface area (Å²) >= 11 is 6.42. The van der Waals surface area contributed by atoms with E-state index in [0.29, 0.717) is 6.07 Å². The highest BCUT2D eigenvalue weighted by Gasteiger charge is 2.50. The van der Waals surface area contributed by atoms with E-state index >= 15 is 0 Å². The molecule has 2 aromatic carbocycles. The molecule has 3 aromatic rings. The average molecular weight is 632 g/mol. The van der Waals surface area contributed by atoms with E-state index in [2.05, 4.69) is 10.3 Å². The number of hydrogen-bond acceptors (Lipinski definition) is 6. The standard InChI is InChI=1S/C29H22ClF4N5O4.CH4/c30-21-4-2-1-3-20(21)25(26(41)37-18-12-29(33,34)13-18)38(19-9-16(31)8-17(32)10-19)27(42)22-11-23(40)28(43)39(22)24-7-15(14-35)5-6-36-24;/h1-10,18,22-23,25,40H,11-13H2,(H,37,41);1H4/t22-,23+,25+;/m0./s1. The first-order valence-electron chi connectivity index (χ1n) is 13.0. The number of benzene rings is 2. The number of aliphatic hydroxyl groups excluding tert-OH is 1. The predicted octanol–water partition coefficient (Wildman–Crippen LogP) is 4.68. The normalized spacial score (nSPS) is 19.8. The van der Waals surface area contributed by atoms with Gasteiger partial charge in [0.25, 0.3) is 17.7 Å². The summed E-state index contributed by atoms with van der Waals surface area (Å²) in [6.07, 6.45) is -2.31. The Morgan fingerprint density at radius 2 is 1.80 bits per heavy atom. The lowest BCUT2D eigenvalue weighted by atomic mass is 9.87. The van der Waals surface area contributed by atoms with E-state index in [0.717, 1.165) is 21.9 Å². The van der Waals surface area contributed by atoms with Crippen molar-refractivity contribution in [1.29, 1.82) is 5.26 Å². The number of hydrogen-bond donors (Lipinski definition) is 2. The summed E-state index contributed by atoms with van der Waals surface area (Å²) in [7, 11) is 0. The molecule has 1 saturated carbocycles. The van der Waals surface area contributed by atoms with Gasteiger partial charge in [-0.2, -0.15) is 5.26 Å². The number of aliphatic hydroxyl groups is 1. The van der Waals surface area contributed by atoms with Crippen LogP contribution in [0, 0.1) is 23.0 Å². The van der Waals surface area contributed by atoms with E-state index in [1.807, 2.05) is 6.07 Å². The lowest BCUT2D eigenvalue weighted by molar-refractivity contribution is -0.133. The first-order valence-corrected chi connectivity index (χ1v) is 13.4. The molecular formula is C30H26ClF4N5O4. The van der Waals surface area contributed by atoms with Crippen molar-refractivity contribution in [1.82, 2.24) is 10.3 Å². The fraction of sp³-hybridized carbons (Fsp3) is 0.300. The second kappa shape index (κ2) is 12.6. The van der Waals surface area contributed by atoms with Crippen LogP contribution < -0.4 is 15.1 Å². The van der Waals surface area contributed by atoms with Gasteiger partial charge in [-0.3, -0.25) is 24.2 Å². The molecule has 14 heteroatoms. The molecule has 0 spiro atoms. The smallest absolute Gasteiger partial charge is 0.257 e. The number of halogens is 5. The Morgan fingerprint density at radius 3 is 2.41 bits per heavy atom. The molecule has 0 radical (unpaired) electrons. The number of carbonyl (C=O) groups excluding carboxylic acids is 3. The molecule has 0 bridgehead atoms. The molecule has 1 aliphatic carbocycles. The number of anilines is 2. The monoisotopic (exact) mass is 631 g/mol. The molecule has 0 unspecified atom stereocenters. The zero-order valence-electron chi connectivity index (χ0n) is 22.1. The summed E-state index contributed by atoms with van der Waals surface area (Å²) in [6.45, 7) is 0. The van der Waals surface area contributed by atoms with Crippen molar-refractivity contribution < 1.29 is 37.1 Å². The van der Waals surface area contributed by atoms with Gasteiger partial charge in [-0.1, -0.05) is 37.2 Å². The zero-order chi connectivity index (χ0) is 31.1. The van der Waals surface area contributed by atoms with Crippen LogP contribution in [0.1, 0.15) is 43.9 Å². The van der Waals surface area contributed by atoms with Gasteiger partial charge in [-0.05, 0) is 30.3 Å². The molecule has 2 aliphatic rings. The minimum Gasteiger partial charge on any atom is -0.383 e. The Hall–Kier alpha value is -4.54. The minimum absolute atomic E-state index is 0. The van der Waals surface area contributed by atoms with Gasteiger partial charge < -0.3 is 10.4 Å². The Kier molecular flexibility index (Phi) is 9.27. The van der Waals surface area contributed by atoms with Crippen molar-refractivity contribution in [2.45, 2.75) is 56.8 Å². The van der Waals surface area contributed by atoms with E-state index in [9.17, 15) is 42.3 Å². The largest absolute Gasteiger partial charge is 0.383 e. The van der Waals surface area contributed by atoms with Crippen molar-refractivity contribution in [3.05, 3.63) is 88.6 Å². The highest BCUT2D eigenvalue weighted by molar-refractivity contribution is 6.31. The summed E-state index contributed by atoms with van der Waals surface area (Å²) in [5.74, 6) is -8.36. The Labute approximate surface area is 254 Å². The van der Waals surface area contributed by atoms with Crippen molar-refractivity contribution in [3.63, 3.8) is 0 Å². The third kappa shape index (κ3) is 6.36. The van der Waals surface area contributed by atoms with Crippen molar-refractivity contribution in [2.24, 2.45) is 0 Å². The van der Waals surface area contributed by atoms with Crippen LogP contribution in [0.3, 0.4) is 0 Å². The number of amides is 3. The van der Waals surface area contributed by atoms with Gasteiger partial charge in [0.1, 0.15) is 35.6 Å². The molecule has 230 valence electrons. The van der Waals surface area contributed by atoms with Gasteiger partial charge >= 0.3 is 0 Å². The Bertz CT molecular complexity index is 1620. The molecular weight excluding hydrogens is 606 g/mol. The number of nitriles is 1. The van der Waals surface area contributed by atoms with E-state index in [-0.39, 0.29) is 29.4 Å². The Morgan fingerprint density at radius 1 is 1.14 bits per heavy atom. The summed E-state index contributed by atoms with van der Waals surface area (Å²) in [6, 6.07) is 8.04. The summed E-state index contributed by atoms with van der Waals surface area (Å²) in [5.41, 5.74) is -0.374. The lowest BCUT2D eigenvalue weighted by Gasteiger charge is -2.39. The van der Waals surface area contributed by atoms with Crippen LogP contribution >= 0.6 is 11.6 Å². The third-order valence-corrected chi connectivity index (χ3v) is 7.54. The highest BCUT2D eigenvalue weighted by Crippen LogP contribution is 2.40. The minimum atomic E-state index is -3.00. The fourth-order valence-corrected chi connectivity index (χ4v) is 5.45. The van der Waals surface area contributed by atoms with Gasteiger partial charge in [-0.15, -0.1) is 0 Å². The van der Waals surface area contributed by atoms with Crippen LogP contribution in [0.4, 0.5) is 29.1 Å². The number of carbonyl (C=O) groups is 3. The molecule has 3 atom stereocenters. The van der Waals surface area contributed by atoms with E-state index in [1.165, 1.54) is 42.6 Å². The maximum atomic E-state index is 14.6. The van der Waals surface area contributed by atoms with Crippen LogP contribution in [0.2, 0.25) is 5.02 Å². The summed E-state index contributed by atoms with van der Waals surface area (Å²) in [4.78, 5) is 46.9. The van der Waals surface area contributed by atoms with Crippen LogP contribution in [-0.4, -0.2) is 51.9 Å². The first kappa shape index (κ1) is 32.4. The zero-order valence-corrected chi connectivity index (χ0v) is 22.8. The van der Waals surface area contributed by atoms with E-state index in [4.69, 9.17) is 11.6 Å². The molecule has 3 amide bonds. The number of aromatic nitrogens is 1. The number of rotatable bonds is 7. The summed E-state index contributed by atoms with van der Waals surface area (Å²) in [5, 5.41) is 22.2. The maximum Gasteiger partial charge on any atom is 0.257 e. The molecule has 2 N–H and O–H groups in total. The highest BCUT2D eigenvalue weighted by atomic mass is 35.5. The average Bonchev–Trinajstić information content (AvgIpc) is 3.24. The van der Waals surface area contributed by atoms with E-state index in [1.54, 1.807) is 0 Å². The Balaban J connectivity index is 0.00000442. The number of nitrogens with one attached hydrogen (secondary N) is 1. The quantitative estimate of drug-likeness (QED) is 0.365. The van der Waals surface area contributed by atoms with Crippen molar-refractivity contribution in [2.75, 3.05) is 9.80 Å². The summed E-state index contributed by atoms with van der Waals surface area (Å²) < 4.78 is 56.3. The van der Waals surface area contributed by atoms with E-state index < -0.39 is 84.5 Å². The van der Waals surface area contributed by atoms with Gasteiger partial charge in [-0.25, -0.2) is 22.5 Å². The molecule has 1 aromatic heterocycles. The van der Waals surface area contributed by atoms with Gasteiger partial charge in [0.2, 0.25) is 5.91 Å². The number of pyridine rings is 1. The molecule has 9 nitrogen and oxygen atoms in total. The van der Waals surface area contributed by atoms with Crippen LogP contribution in [0.25, 0.3) is 0 Å². The lowest BCUT2D eigenvalue weighted by Crippen LogP contribution is -2.56. The van der Waals surface area contributed by atoms with Crippen molar-refractivity contribution >= 4 is 40.8 Å².